The van der Waals surface area contributed by atoms with Crippen LogP contribution in [0.4, 0.5) is 0 Å². The number of nitrogens with zero attached hydrogens (tertiary/aromatic N) is 1. The van der Waals surface area contributed by atoms with Gasteiger partial charge in [-0.15, -0.1) is 11.3 Å². The summed E-state index contributed by atoms with van der Waals surface area (Å²) in [6.07, 6.45) is 3.48. The zero-order chi connectivity index (χ0) is 13.8. The first kappa shape index (κ1) is 14.8. The quantitative estimate of drug-likeness (QED) is 0.877. The standard InChI is InChI=1S/C13H21N3OS2/c1-3-18-11-6-4-5-9(11)15-12(17)10-7-19-13(16-10)8(2)14/h7-9,11H,3-6,14H2,1-2H3,(H,15,17). The fourth-order valence-electron chi connectivity index (χ4n) is 2.35. The Morgan fingerprint density at radius 2 is 2.47 bits per heavy atom. The lowest BCUT2D eigenvalue weighted by Crippen LogP contribution is -2.39. The molecule has 3 unspecified atom stereocenters. The van der Waals surface area contributed by atoms with Crippen LogP contribution in [-0.4, -0.2) is 27.9 Å². The van der Waals surface area contributed by atoms with Gasteiger partial charge >= 0.3 is 0 Å². The minimum atomic E-state index is -0.110. The molecule has 2 rings (SSSR count). The van der Waals surface area contributed by atoms with Gasteiger partial charge in [-0.2, -0.15) is 11.8 Å². The van der Waals surface area contributed by atoms with Crippen LogP contribution in [0, 0.1) is 0 Å². The number of thiazole rings is 1. The van der Waals surface area contributed by atoms with Crippen LogP contribution in [0.5, 0.6) is 0 Å². The maximum atomic E-state index is 12.2. The van der Waals surface area contributed by atoms with Gasteiger partial charge in [0.2, 0.25) is 0 Å². The predicted molar refractivity (Wildman–Crippen MR) is 81.7 cm³/mol. The lowest BCUT2D eigenvalue weighted by atomic mass is 10.2. The van der Waals surface area contributed by atoms with Gasteiger partial charge in [0, 0.05) is 16.7 Å². The van der Waals surface area contributed by atoms with Gasteiger partial charge in [-0.3, -0.25) is 4.79 Å². The molecule has 0 aromatic carbocycles. The summed E-state index contributed by atoms with van der Waals surface area (Å²) in [5.41, 5.74) is 6.27. The van der Waals surface area contributed by atoms with E-state index in [0.717, 1.165) is 17.2 Å². The van der Waals surface area contributed by atoms with Crippen molar-refractivity contribution >= 4 is 29.0 Å². The number of amides is 1. The van der Waals surface area contributed by atoms with Gasteiger partial charge in [0.1, 0.15) is 10.7 Å². The van der Waals surface area contributed by atoms with E-state index < -0.39 is 0 Å². The van der Waals surface area contributed by atoms with Crippen molar-refractivity contribution in [1.82, 2.24) is 10.3 Å². The number of hydrogen-bond donors (Lipinski definition) is 2. The molecule has 1 saturated carbocycles. The zero-order valence-corrected chi connectivity index (χ0v) is 13.0. The van der Waals surface area contributed by atoms with Crippen molar-refractivity contribution in [3.8, 4) is 0 Å². The first-order chi connectivity index (χ1) is 9.11. The number of rotatable bonds is 5. The monoisotopic (exact) mass is 299 g/mol. The molecule has 6 heteroatoms. The van der Waals surface area contributed by atoms with Crippen LogP contribution in [-0.2, 0) is 0 Å². The van der Waals surface area contributed by atoms with Crippen LogP contribution < -0.4 is 11.1 Å². The second-order valence-corrected chi connectivity index (χ2v) is 7.27. The van der Waals surface area contributed by atoms with Crippen LogP contribution in [0.1, 0.15) is 54.6 Å². The molecule has 0 bridgehead atoms. The fraction of sp³-hybridized carbons (Fsp3) is 0.692. The van der Waals surface area contributed by atoms with Crippen LogP contribution in [0.15, 0.2) is 5.38 Å². The molecule has 1 aromatic heterocycles. The number of nitrogens with one attached hydrogen (secondary N) is 1. The molecule has 106 valence electrons. The summed E-state index contributed by atoms with van der Waals surface area (Å²) in [6.45, 7) is 4.04. The third-order valence-electron chi connectivity index (χ3n) is 3.29. The van der Waals surface area contributed by atoms with E-state index in [0.29, 0.717) is 10.9 Å². The number of carbonyl (C=O) groups excluding carboxylic acids is 1. The van der Waals surface area contributed by atoms with Gasteiger partial charge in [0.25, 0.3) is 5.91 Å². The molecule has 1 aromatic rings. The molecule has 1 fully saturated rings. The summed E-state index contributed by atoms with van der Waals surface area (Å²) in [5, 5.41) is 6.29. The Bertz CT molecular complexity index is 433. The highest BCUT2D eigenvalue weighted by Gasteiger charge is 2.29. The lowest BCUT2D eigenvalue weighted by Gasteiger charge is -2.19. The molecular formula is C13H21N3OS2. The molecule has 0 saturated heterocycles. The van der Waals surface area contributed by atoms with Crippen LogP contribution in [0.2, 0.25) is 0 Å². The van der Waals surface area contributed by atoms with Crippen molar-refractivity contribution < 1.29 is 4.79 Å². The van der Waals surface area contributed by atoms with Gasteiger partial charge in [0.15, 0.2) is 0 Å². The number of carbonyl (C=O) groups is 1. The molecule has 1 aliphatic carbocycles. The second-order valence-electron chi connectivity index (χ2n) is 4.86. The molecule has 1 amide bonds. The van der Waals surface area contributed by atoms with E-state index in [9.17, 15) is 4.79 Å². The van der Waals surface area contributed by atoms with Crippen molar-refractivity contribution in [2.75, 3.05) is 5.75 Å². The molecule has 0 radical (unpaired) electrons. The molecule has 3 N–H and O–H groups in total. The lowest BCUT2D eigenvalue weighted by molar-refractivity contribution is 0.0934. The Kier molecular flexibility index (Phi) is 5.24. The molecule has 19 heavy (non-hydrogen) atoms. The highest BCUT2D eigenvalue weighted by atomic mass is 32.2. The normalized spacial score (nSPS) is 24.4. The van der Waals surface area contributed by atoms with Gasteiger partial charge in [-0.05, 0) is 25.5 Å². The highest BCUT2D eigenvalue weighted by molar-refractivity contribution is 7.99. The van der Waals surface area contributed by atoms with Crippen LogP contribution in [0.3, 0.4) is 0 Å². The maximum absolute atomic E-state index is 12.2. The van der Waals surface area contributed by atoms with Crippen molar-refractivity contribution in [1.29, 1.82) is 0 Å². The Labute approximate surface area is 122 Å². The topological polar surface area (TPSA) is 68.0 Å². The van der Waals surface area contributed by atoms with Crippen molar-refractivity contribution in [2.45, 2.75) is 50.4 Å². The second kappa shape index (κ2) is 6.72. The Balaban J connectivity index is 1.96. The molecule has 1 heterocycles. The number of thioether (sulfide) groups is 1. The molecule has 0 aliphatic heterocycles. The molecule has 3 atom stereocenters. The highest BCUT2D eigenvalue weighted by Crippen LogP contribution is 2.30. The minimum Gasteiger partial charge on any atom is -0.347 e. The van der Waals surface area contributed by atoms with E-state index >= 15 is 0 Å². The van der Waals surface area contributed by atoms with E-state index in [-0.39, 0.29) is 18.0 Å². The van der Waals surface area contributed by atoms with Crippen molar-refractivity contribution in [2.24, 2.45) is 5.73 Å². The van der Waals surface area contributed by atoms with Crippen LogP contribution >= 0.6 is 23.1 Å². The third kappa shape index (κ3) is 3.70. The first-order valence-electron chi connectivity index (χ1n) is 6.75. The summed E-state index contributed by atoms with van der Waals surface area (Å²) < 4.78 is 0. The van der Waals surface area contributed by atoms with Gasteiger partial charge in [-0.1, -0.05) is 13.3 Å². The SMILES string of the molecule is CCSC1CCCC1NC(=O)c1csc(C(C)N)n1. The average molecular weight is 299 g/mol. The summed E-state index contributed by atoms with van der Waals surface area (Å²) in [4.78, 5) is 16.5. The molecular weight excluding hydrogens is 278 g/mol. The van der Waals surface area contributed by atoms with Crippen molar-refractivity contribution in [3.63, 3.8) is 0 Å². The summed E-state index contributed by atoms with van der Waals surface area (Å²) >= 11 is 3.39. The zero-order valence-electron chi connectivity index (χ0n) is 11.4. The van der Waals surface area contributed by atoms with Gasteiger partial charge in [-0.25, -0.2) is 4.98 Å². The third-order valence-corrected chi connectivity index (χ3v) is 5.67. The molecule has 1 aliphatic rings. The van der Waals surface area contributed by atoms with Gasteiger partial charge in [0.05, 0.1) is 6.04 Å². The number of nitrogens with two attached hydrogens (primary N) is 1. The predicted octanol–water partition coefficient (Wildman–Crippen LogP) is 2.57. The number of aromatic nitrogens is 1. The smallest absolute Gasteiger partial charge is 0.271 e. The molecule has 4 nitrogen and oxygen atoms in total. The Morgan fingerprint density at radius 1 is 1.68 bits per heavy atom. The average Bonchev–Trinajstić information content (AvgIpc) is 2.99. The fourth-order valence-corrected chi connectivity index (χ4v) is 4.30. The first-order valence-corrected chi connectivity index (χ1v) is 8.68. The Morgan fingerprint density at radius 3 is 3.11 bits per heavy atom. The maximum Gasteiger partial charge on any atom is 0.271 e. The summed E-state index contributed by atoms with van der Waals surface area (Å²) in [5.74, 6) is 1.04. The van der Waals surface area contributed by atoms with E-state index in [1.54, 1.807) is 5.38 Å². The number of hydrogen-bond acceptors (Lipinski definition) is 5. The Hall–Kier alpha value is -0.590. The summed E-state index contributed by atoms with van der Waals surface area (Å²) in [7, 11) is 0. The van der Waals surface area contributed by atoms with E-state index in [4.69, 9.17) is 5.73 Å². The van der Waals surface area contributed by atoms with Crippen LogP contribution in [0.25, 0.3) is 0 Å². The van der Waals surface area contributed by atoms with E-state index in [1.165, 1.54) is 24.2 Å². The van der Waals surface area contributed by atoms with E-state index in [1.807, 2.05) is 18.7 Å². The summed E-state index contributed by atoms with van der Waals surface area (Å²) in [6, 6.07) is 0.180. The largest absolute Gasteiger partial charge is 0.347 e. The van der Waals surface area contributed by atoms with Crippen molar-refractivity contribution in [3.05, 3.63) is 16.1 Å². The minimum absolute atomic E-state index is 0.0586. The van der Waals surface area contributed by atoms with E-state index in [2.05, 4.69) is 17.2 Å². The van der Waals surface area contributed by atoms with Gasteiger partial charge < -0.3 is 11.1 Å². The molecule has 0 spiro atoms.